The minimum atomic E-state index is 0.475. The van der Waals surface area contributed by atoms with E-state index < -0.39 is 0 Å². The van der Waals surface area contributed by atoms with E-state index in [0.717, 1.165) is 21.3 Å². The minimum Gasteiger partial charge on any atom is -0.246 e. The van der Waals surface area contributed by atoms with Crippen LogP contribution in [0.15, 0.2) is 6.07 Å². The SMILES string of the molecule is Cc1cc(Cl)nc(-c2sc(C)nc2C)n1. The number of thiazole rings is 1. The average Bonchev–Trinajstić information content (AvgIpc) is 2.43. The van der Waals surface area contributed by atoms with Crippen molar-refractivity contribution in [2.24, 2.45) is 0 Å². The Kier molecular flexibility index (Phi) is 2.71. The summed E-state index contributed by atoms with van der Waals surface area (Å²) in [5.74, 6) is 0.670. The van der Waals surface area contributed by atoms with Crippen molar-refractivity contribution in [3.05, 3.63) is 27.6 Å². The number of aryl methyl sites for hydroxylation is 3. The van der Waals surface area contributed by atoms with Gasteiger partial charge in [0, 0.05) is 5.69 Å². The summed E-state index contributed by atoms with van der Waals surface area (Å²) in [7, 11) is 0. The van der Waals surface area contributed by atoms with Crippen molar-refractivity contribution in [3.63, 3.8) is 0 Å². The molecule has 2 aromatic rings. The van der Waals surface area contributed by atoms with Gasteiger partial charge in [-0.1, -0.05) is 11.6 Å². The van der Waals surface area contributed by atoms with Crippen LogP contribution >= 0.6 is 22.9 Å². The first-order valence-corrected chi connectivity index (χ1v) is 5.71. The van der Waals surface area contributed by atoms with Crippen LogP contribution in [0, 0.1) is 20.8 Å². The quantitative estimate of drug-likeness (QED) is 0.718. The lowest BCUT2D eigenvalue weighted by molar-refractivity contribution is 1.10. The number of hydrogen-bond acceptors (Lipinski definition) is 4. The third-order valence-corrected chi connectivity index (χ3v) is 3.19. The highest BCUT2D eigenvalue weighted by atomic mass is 35.5. The fourth-order valence-electron chi connectivity index (χ4n) is 1.37. The van der Waals surface area contributed by atoms with Gasteiger partial charge in [0.05, 0.1) is 15.6 Å². The fraction of sp³-hybridized carbons (Fsp3) is 0.300. The van der Waals surface area contributed by atoms with Crippen molar-refractivity contribution in [3.8, 4) is 10.7 Å². The molecule has 0 N–H and O–H groups in total. The van der Waals surface area contributed by atoms with Crippen molar-refractivity contribution in [2.75, 3.05) is 0 Å². The topological polar surface area (TPSA) is 38.7 Å². The first-order chi connectivity index (χ1) is 7.06. The standard InChI is InChI=1S/C10H10ClN3S/c1-5-4-8(11)14-10(12-5)9-6(2)13-7(3)15-9/h4H,1-3H3. The maximum absolute atomic E-state index is 5.89. The Balaban J connectivity index is 2.58. The molecule has 0 bridgehead atoms. The van der Waals surface area contributed by atoms with Crippen LogP contribution in [0.5, 0.6) is 0 Å². The summed E-state index contributed by atoms with van der Waals surface area (Å²) in [6, 6.07) is 1.74. The minimum absolute atomic E-state index is 0.475. The molecule has 0 fully saturated rings. The highest BCUT2D eigenvalue weighted by molar-refractivity contribution is 7.15. The van der Waals surface area contributed by atoms with E-state index in [1.165, 1.54) is 0 Å². The van der Waals surface area contributed by atoms with Gasteiger partial charge in [0.25, 0.3) is 0 Å². The van der Waals surface area contributed by atoms with Crippen LogP contribution in [0.4, 0.5) is 0 Å². The highest BCUT2D eigenvalue weighted by Gasteiger charge is 2.11. The van der Waals surface area contributed by atoms with Crippen LogP contribution < -0.4 is 0 Å². The van der Waals surface area contributed by atoms with Gasteiger partial charge in [-0.25, -0.2) is 15.0 Å². The molecule has 0 aliphatic heterocycles. The Labute approximate surface area is 97.2 Å². The number of nitrogens with zero attached hydrogens (tertiary/aromatic N) is 3. The van der Waals surface area contributed by atoms with Gasteiger partial charge in [-0.05, 0) is 26.8 Å². The molecule has 0 spiro atoms. The molecule has 0 aliphatic rings. The third kappa shape index (κ3) is 2.16. The van der Waals surface area contributed by atoms with Gasteiger partial charge in [0.2, 0.25) is 0 Å². The van der Waals surface area contributed by atoms with Crippen LogP contribution in [-0.4, -0.2) is 15.0 Å². The van der Waals surface area contributed by atoms with Crippen LogP contribution in [0.25, 0.3) is 10.7 Å². The third-order valence-electron chi connectivity index (χ3n) is 1.93. The van der Waals surface area contributed by atoms with Gasteiger partial charge in [-0.3, -0.25) is 0 Å². The monoisotopic (exact) mass is 239 g/mol. The summed E-state index contributed by atoms with van der Waals surface area (Å²) in [4.78, 5) is 13.9. The van der Waals surface area contributed by atoms with Crippen molar-refractivity contribution < 1.29 is 0 Å². The molecule has 2 aromatic heterocycles. The van der Waals surface area contributed by atoms with E-state index in [-0.39, 0.29) is 0 Å². The summed E-state index contributed by atoms with van der Waals surface area (Å²) in [5.41, 5.74) is 1.83. The van der Waals surface area contributed by atoms with Crippen LogP contribution in [-0.2, 0) is 0 Å². The predicted octanol–water partition coefficient (Wildman–Crippen LogP) is 3.18. The van der Waals surface area contributed by atoms with Crippen molar-refractivity contribution in [1.29, 1.82) is 0 Å². The highest BCUT2D eigenvalue weighted by Crippen LogP contribution is 2.27. The molecule has 0 saturated carbocycles. The molecule has 3 nitrogen and oxygen atoms in total. The molecule has 2 rings (SSSR count). The van der Waals surface area contributed by atoms with E-state index in [1.807, 2.05) is 20.8 Å². The lowest BCUT2D eigenvalue weighted by atomic mass is 10.3. The van der Waals surface area contributed by atoms with Crippen LogP contribution in [0.2, 0.25) is 5.15 Å². The Hall–Kier alpha value is -1.00. The number of hydrogen-bond donors (Lipinski definition) is 0. The maximum Gasteiger partial charge on any atom is 0.173 e. The first-order valence-electron chi connectivity index (χ1n) is 4.52. The molecule has 0 amide bonds. The zero-order valence-corrected chi connectivity index (χ0v) is 10.3. The Morgan fingerprint density at radius 1 is 1.13 bits per heavy atom. The second-order valence-electron chi connectivity index (χ2n) is 3.30. The molecule has 0 aromatic carbocycles. The molecular weight excluding hydrogens is 230 g/mol. The summed E-state index contributed by atoms with van der Waals surface area (Å²) >= 11 is 7.48. The summed E-state index contributed by atoms with van der Waals surface area (Å²) < 4.78 is 0. The van der Waals surface area contributed by atoms with Crippen molar-refractivity contribution in [2.45, 2.75) is 20.8 Å². The van der Waals surface area contributed by atoms with Gasteiger partial charge < -0.3 is 0 Å². The molecule has 78 valence electrons. The molecular formula is C10H10ClN3S. The zero-order valence-electron chi connectivity index (χ0n) is 8.71. The summed E-state index contributed by atoms with van der Waals surface area (Å²) in [6.45, 7) is 5.83. The van der Waals surface area contributed by atoms with E-state index in [2.05, 4.69) is 15.0 Å². The van der Waals surface area contributed by atoms with E-state index in [0.29, 0.717) is 11.0 Å². The van der Waals surface area contributed by atoms with E-state index >= 15 is 0 Å². The van der Waals surface area contributed by atoms with Gasteiger partial charge in [0.1, 0.15) is 5.15 Å². The Morgan fingerprint density at radius 3 is 2.40 bits per heavy atom. The maximum atomic E-state index is 5.89. The first kappa shape index (κ1) is 10.5. The lowest BCUT2D eigenvalue weighted by Gasteiger charge is -1.99. The summed E-state index contributed by atoms with van der Waals surface area (Å²) in [6.07, 6.45) is 0. The van der Waals surface area contributed by atoms with Gasteiger partial charge in [-0.2, -0.15) is 0 Å². The van der Waals surface area contributed by atoms with E-state index in [4.69, 9.17) is 11.6 Å². The largest absolute Gasteiger partial charge is 0.246 e. The van der Waals surface area contributed by atoms with Gasteiger partial charge >= 0.3 is 0 Å². The predicted molar refractivity (Wildman–Crippen MR) is 62.4 cm³/mol. The van der Waals surface area contributed by atoms with E-state index in [9.17, 15) is 0 Å². The van der Waals surface area contributed by atoms with Crippen molar-refractivity contribution in [1.82, 2.24) is 15.0 Å². The average molecular weight is 240 g/mol. The molecule has 5 heteroatoms. The smallest absolute Gasteiger partial charge is 0.173 e. The number of rotatable bonds is 1. The Bertz CT molecular complexity index is 487. The fourth-order valence-corrected chi connectivity index (χ4v) is 2.46. The van der Waals surface area contributed by atoms with Crippen LogP contribution in [0.3, 0.4) is 0 Å². The molecule has 2 heterocycles. The van der Waals surface area contributed by atoms with E-state index in [1.54, 1.807) is 17.4 Å². The Morgan fingerprint density at radius 2 is 1.87 bits per heavy atom. The molecule has 0 saturated heterocycles. The molecule has 0 atom stereocenters. The normalized spacial score (nSPS) is 10.7. The van der Waals surface area contributed by atoms with Crippen LogP contribution in [0.1, 0.15) is 16.4 Å². The zero-order chi connectivity index (χ0) is 11.0. The number of halogens is 1. The molecule has 15 heavy (non-hydrogen) atoms. The van der Waals surface area contributed by atoms with Crippen molar-refractivity contribution >= 4 is 22.9 Å². The number of aromatic nitrogens is 3. The second kappa shape index (κ2) is 3.87. The second-order valence-corrected chi connectivity index (χ2v) is 4.89. The molecule has 0 unspecified atom stereocenters. The molecule has 0 aliphatic carbocycles. The van der Waals surface area contributed by atoms with Gasteiger partial charge in [-0.15, -0.1) is 11.3 Å². The lowest BCUT2D eigenvalue weighted by Crippen LogP contribution is -1.91. The van der Waals surface area contributed by atoms with Gasteiger partial charge in [0.15, 0.2) is 5.82 Å². The molecule has 0 radical (unpaired) electrons. The summed E-state index contributed by atoms with van der Waals surface area (Å²) in [5, 5.41) is 1.49.